The Morgan fingerprint density at radius 1 is 1.24 bits per heavy atom. The van der Waals surface area contributed by atoms with Gasteiger partial charge in [0.25, 0.3) is 0 Å². The van der Waals surface area contributed by atoms with Gasteiger partial charge in [0.2, 0.25) is 0 Å². The van der Waals surface area contributed by atoms with E-state index >= 15 is 0 Å². The highest BCUT2D eigenvalue weighted by atomic mass is 16.5. The molecule has 0 saturated carbocycles. The molecule has 0 unspecified atom stereocenters. The van der Waals surface area contributed by atoms with E-state index in [1.54, 1.807) is 13.2 Å². The summed E-state index contributed by atoms with van der Waals surface area (Å²) in [7, 11) is 1.64. The van der Waals surface area contributed by atoms with Gasteiger partial charge in [-0.2, -0.15) is 0 Å². The Morgan fingerprint density at radius 2 is 1.95 bits per heavy atom. The van der Waals surface area contributed by atoms with E-state index in [0.717, 1.165) is 43.8 Å². The van der Waals surface area contributed by atoms with Crippen molar-refractivity contribution in [2.24, 2.45) is 5.92 Å². The summed E-state index contributed by atoms with van der Waals surface area (Å²) in [5.74, 6) is 1.11. The number of hydrogen-bond acceptors (Lipinski definition) is 4. The lowest BCUT2D eigenvalue weighted by Crippen LogP contribution is -2.51. The molecule has 2 bridgehead atoms. The minimum Gasteiger partial charge on any atom is -0.497 e. The average molecular weight is 287 g/mol. The lowest BCUT2D eigenvalue weighted by Gasteiger charge is -2.43. The van der Waals surface area contributed by atoms with E-state index in [0.29, 0.717) is 5.92 Å². The zero-order chi connectivity index (χ0) is 14.7. The number of carbonyl (C=O) groups is 1. The molecular weight excluding hydrogens is 266 g/mol. The third-order valence-electron chi connectivity index (χ3n) is 4.39. The first-order chi connectivity index (χ1) is 10.2. The van der Waals surface area contributed by atoms with Crippen LogP contribution in [0.3, 0.4) is 0 Å². The summed E-state index contributed by atoms with van der Waals surface area (Å²) in [6.45, 7) is 3.20. The number of esters is 1. The summed E-state index contributed by atoms with van der Waals surface area (Å²) in [6, 6.07) is 7.57. The third-order valence-corrected chi connectivity index (χ3v) is 4.39. The maximum atomic E-state index is 11.9. The van der Waals surface area contributed by atoms with Crippen LogP contribution < -0.4 is 4.74 Å². The minimum absolute atomic E-state index is 0.0699. The van der Waals surface area contributed by atoms with Gasteiger partial charge in [-0.25, -0.2) is 4.79 Å². The zero-order valence-corrected chi connectivity index (χ0v) is 12.3. The van der Waals surface area contributed by atoms with Gasteiger partial charge < -0.3 is 9.47 Å². The van der Waals surface area contributed by atoms with Gasteiger partial charge in [0.1, 0.15) is 11.9 Å². The lowest BCUT2D eigenvalue weighted by atomic mass is 9.86. The van der Waals surface area contributed by atoms with Gasteiger partial charge in [0.15, 0.2) is 0 Å². The van der Waals surface area contributed by atoms with Crippen molar-refractivity contribution in [3.05, 3.63) is 35.9 Å². The number of nitrogens with zero attached hydrogens (tertiary/aromatic N) is 1. The Hall–Kier alpha value is -1.81. The Balaban J connectivity index is 1.54. The first kappa shape index (κ1) is 14.1. The summed E-state index contributed by atoms with van der Waals surface area (Å²) in [5, 5.41) is 0. The SMILES string of the molecule is COc1ccc(/C=C/C(=O)O[C@@H]2CN3CCC2CC3)cc1. The van der Waals surface area contributed by atoms with E-state index < -0.39 is 0 Å². The molecule has 0 N–H and O–H groups in total. The van der Waals surface area contributed by atoms with Crippen molar-refractivity contribution in [2.45, 2.75) is 18.9 Å². The normalized spacial score (nSPS) is 27.8. The van der Waals surface area contributed by atoms with Crippen LogP contribution in [0.1, 0.15) is 18.4 Å². The smallest absolute Gasteiger partial charge is 0.331 e. The fourth-order valence-corrected chi connectivity index (χ4v) is 3.11. The third kappa shape index (κ3) is 3.45. The molecule has 3 aliphatic rings. The Bertz CT molecular complexity index is 515. The molecule has 0 aromatic heterocycles. The van der Waals surface area contributed by atoms with Gasteiger partial charge in [0, 0.05) is 12.6 Å². The van der Waals surface area contributed by atoms with E-state index in [1.807, 2.05) is 24.3 Å². The second-order valence-corrected chi connectivity index (χ2v) is 5.72. The van der Waals surface area contributed by atoms with Gasteiger partial charge in [-0.3, -0.25) is 4.90 Å². The van der Waals surface area contributed by atoms with Crippen LogP contribution >= 0.6 is 0 Å². The van der Waals surface area contributed by atoms with E-state index in [-0.39, 0.29) is 12.1 Å². The second kappa shape index (κ2) is 6.31. The summed E-state index contributed by atoms with van der Waals surface area (Å²) < 4.78 is 10.7. The molecule has 3 aliphatic heterocycles. The van der Waals surface area contributed by atoms with Gasteiger partial charge in [-0.05, 0) is 55.6 Å². The fourth-order valence-electron chi connectivity index (χ4n) is 3.11. The topological polar surface area (TPSA) is 38.8 Å². The molecule has 3 fully saturated rings. The number of carbonyl (C=O) groups excluding carboxylic acids is 1. The number of piperidine rings is 3. The summed E-state index contributed by atoms with van der Waals surface area (Å²) in [6.07, 6.45) is 5.67. The quantitative estimate of drug-likeness (QED) is 0.629. The molecule has 4 rings (SSSR count). The molecule has 0 aliphatic carbocycles. The van der Waals surface area contributed by atoms with Gasteiger partial charge in [-0.1, -0.05) is 12.1 Å². The van der Waals surface area contributed by atoms with E-state index in [2.05, 4.69) is 4.90 Å². The molecule has 4 heteroatoms. The first-order valence-electron chi connectivity index (χ1n) is 7.50. The van der Waals surface area contributed by atoms with Crippen LogP contribution in [-0.4, -0.2) is 43.7 Å². The summed E-state index contributed by atoms with van der Waals surface area (Å²) >= 11 is 0. The van der Waals surface area contributed by atoms with Crippen molar-refractivity contribution in [1.29, 1.82) is 0 Å². The van der Waals surface area contributed by atoms with Crippen molar-refractivity contribution in [2.75, 3.05) is 26.7 Å². The van der Waals surface area contributed by atoms with Crippen LogP contribution in [0.15, 0.2) is 30.3 Å². The van der Waals surface area contributed by atoms with Crippen molar-refractivity contribution >= 4 is 12.0 Å². The van der Waals surface area contributed by atoms with Crippen molar-refractivity contribution in [1.82, 2.24) is 4.90 Å². The highest BCUT2D eigenvalue weighted by Crippen LogP contribution is 2.29. The van der Waals surface area contributed by atoms with Gasteiger partial charge in [-0.15, -0.1) is 0 Å². The first-order valence-corrected chi connectivity index (χ1v) is 7.50. The van der Waals surface area contributed by atoms with Crippen LogP contribution in [0.25, 0.3) is 6.08 Å². The van der Waals surface area contributed by atoms with Crippen molar-refractivity contribution in [3.8, 4) is 5.75 Å². The summed E-state index contributed by atoms with van der Waals surface area (Å²) in [4.78, 5) is 14.3. The van der Waals surface area contributed by atoms with Crippen LogP contribution in [-0.2, 0) is 9.53 Å². The highest BCUT2D eigenvalue weighted by molar-refractivity contribution is 5.87. The van der Waals surface area contributed by atoms with Gasteiger partial charge in [0.05, 0.1) is 7.11 Å². The van der Waals surface area contributed by atoms with Crippen LogP contribution in [0.2, 0.25) is 0 Å². The van der Waals surface area contributed by atoms with Crippen molar-refractivity contribution in [3.63, 3.8) is 0 Å². The minimum atomic E-state index is -0.246. The van der Waals surface area contributed by atoms with Crippen LogP contribution in [0, 0.1) is 5.92 Å². The Morgan fingerprint density at radius 3 is 2.52 bits per heavy atom. The van der Waals surface area contributed by atoms with E-state index in [1.165, 1.54) is 6.08 Å². The molecular formula is C17H21NO3. The number of ether oxygens (including phenoxy) is 2. The molecule has 4 nitrogen and oxygen atoms in total. The molecule has 3 saturated heterocycles. The Kier molecular flexibility index (Phi) is 4.25. The molecule has 0 spiro atoms. The predicted octanol–water partition coefficient (Wildman–Crippen LogP) is 2.35. The molecule has 1 aromatic carbocycles. The van der Waals surface area contributed by atoms with E-state index in [9.17, 15) is 4.79 Å². The maximum Gasteiger partial charge on any atom is 0.331 e. The molecule has 112 valence electrons. The number of hydrogen-bond donors (Lipinski definition) is 0. The number of benzene rings is 1. The maximum absolute atomic E-state index is 11.9. The number of rotatable bonds is 4. The molecule has 0 amide bonds. The molecule has 0 radical (unpaired) electrons. The van der Waals surface area contributed by atoms with Gasteiger partial charge >= 0.3 is 5.97 Å². The standard InChI is InChI=1S/C17H21NO3/c1-20-15-5-2-13(3-6-15)4-7-17(19)21-16-12-18-10-8-14(16)9-11-18/h2-7,14,16H,8-12H2,1H3/b7-4+/t16-/m1/s1. The Labute approximate surface area is 125 Å². The van der Waals surface area contributed by atoms with E-state index in [4.69, 9.17) is 9.47 Å². The highest BCUT2D eigenvalue weighted by Gasteiger charge is 2.36. The molecule has 3 heterocycles. The molecule has 1 atom stereocenters. The average Bonchev–Trinajstić information content (AvgIpc) is 2.54. The monoisotopic (exact) mass is 287 g/mol. The largest absolute Gasteiger partial charge is 0.497 e. The second-order valence-electron chi connectivity index (χ2n) is 5.72. The lowest BCUT2D eigenvalue weighted by molar-refractivity contribution is -0.152. The molecule has 21 heavy (non-hydrogen) atoms. The van der Waals surface area contributed by atoms with Crippen molar-refractivity contribution < 1.29 is 14.3 Å². The fraction of sp³-hybridized carbons (Fsp3) is 0.471. The number of fused-ring (bicyclic) bond motifs is 3. The predicted molar refractivity (Wildman–Crippen MR) is 81.1 cm³/mol. The number of methoxy groups -OCH3 is 1. The zero-order valence-electron chi connectivity index (χ0n) is 12.3. The molecule has 1 aromatic rings. The van der Waals surface area contributed by atoms with Crippen LogP contribution in [0.5, 0.6) is 5.75 Å². The summed E-state index contributed by atoms with van der Waals surface area (Å²) in [5.41, 5.74) is 0.960. The van der Waals surface area contributed by atoms with Crippen LogP contribution in [0.4, 0.5) is 0 Å².